The zero-order valence-electron chi connectivity index (χ0n) is 29.4. The van der Waals surface area contributed by atoms with Crippen molar-refractivity contribution in [1.29, 1.82) is 0 Å². The number of benzene rings is 1. The summed E-state index contributed by atoms with van der Waals surface area (Å²) in [4.78, 5) is 13.0. The number of carbonyl (C=O) groups is 1. The highest BCUT2D eigenvalue weighted by molar-refractivity contribution is 6.75. The Labute approximate surface area is 256 Å². The van der Waals surface area contributed by atoms with E-state index in [1.807, 2.05) is 0 Å². The van der Waals surface area contributed by atoms with Crippen LogP contribution in [-0.2, 0) is 10.2 Å². The molecule has 0 N–H and O–H groups in total. The molecule has 0 bridgehead atoms. The molecule has 0 aromatic heterocycles. The minimum atomic E-state index is -2.19. The lowest BCUT2D eigenvalue weighted by Crippen LogP contribution is -2.45. The van der Waals surface area contributed by atoms with Gasteiger partial charge in [-0.1, -0.05) is 100 Å². The minimum absolute atomic E-state index is 0.0144. The van der Waals surface area contributed by atoms with E-state index < -0.39 is 16.6 Å². The Morgan fingerprint density at radius 2 is 1.37 bits per heavy atom. The van der Waals surface area contributed by atoms with Crippen LogP contribution >= 0.6 is 0 Å². The number of hydrogen-bond acceptors (Lipinski definition) is 3. The summed E-state index contributed by atoms with van der Waals surface area (Å²) in [5.41, 5.74) is 3.54. The molecule has 0 spiro atoms. The molecule has 0 radical (unpaired) electrons. The van der Waals surface area contributed by atoms with Gasteiger partial charge in [0.2, 0.25) is 16.6 Å². The van der Waals surface area contributed by atoms with E-state index in [-0.39, 0.29) is 27.3 Å². The summed E-state index contributed by atoms with van der Waals surface area (Å²) in [5.74, 6) is 2.51. The molecule has 1 fully saturated rings. The van der Waals surface area contributed by atoms with Crippen molar-refractivity contribution < 1.29 is 13.6 Å². The summed E-state index contributed by atoms with van der Waals surface area (Å²) in [5, 5.41) is 0.0963. The number of hydrogen-bond donors (Lipinski definition) is 0. The molecule has 1 aromatic carbocycles. The van der Waals surface area contributed by atoms with Gasteiger partial charge in [-0.25, -0.2) is 0 Å². The van der Waals surface area contributed by atoms with Crippen LogP contribution in [0.5, 0.6) is 11.5 Å². The fraction of sp³-hybridized carbons (Fsp3) is 0.750. The van der Waals surface area contributed by atoms with Crippen LogP contribution in [-0.4, -0.2) is 22.4 Å². The third kappa shape index (κ3) is 8.84. The van der Waals surface area contributed by atoms with Gasteiger partial charge in [0.05, 0.1) is 0 Å². The highest BCUT2D eigenvalue weighted by Crippen LogP contribution is 2.52. The minimum Gasteiger partial charge on any atom is -0.543 e. The number of carbonyl (C=O) groups excluding carboxylic acids is 1. The third-order valence-electron chi connectivity index (χ3n) is 10.6. The van der Waals surface area contributed by atoms with Crippen LogP contribution in [0.15, 0.2) is 24.3 Å². The van der Waals surface area contributed by atoms with Crippen molar-refractivity contribution in [3.63, 3.8) is 0 Å². The van der Waals surface area contributed by atoms with Crippen molar-refractivity contribution in [2.24, 2.45) is 5.92 Å². The van der Waals surface area contributed by atoms with Crippen LogP contribution in [0.1, 0.15) is 138 Å². The predicted molar refractivity (Wildman–Crippen MR) is 184 cm³/mol. The summed E-state index contributed by atoms with van der Waals surface area (Å²) in [7, 11) is -4.39. The standard InChI is InChI=1S/C36H64O3Si2/c1-16-17-18-19-22-36(10,11)27-23-31(38-40(12,13)34(4,5)6)33(30-25-28(37)20-21-29(30)26(2)3)32(24-27)39-41(14,15)35(7,8)9/h23-24,29-30H,2,16-22,25H2,1,3-15H3/t29-,30+/m0/s1. The first-order valence-electron chi connectivity index (χ1n) is 16.3. The van der Waals surface area contributed by atoms with Crippen molar-refractivity contribution in [1.82, 2.24) is 0 Å². The lowest BCUT2D eigenvalue weighted by molar-refractivity contribution is -0.121. The van der Waals surface area contributed by atoms with Crippen LogP contribution in [0, 0.1) is 5.92 Å². The van der Waals surface area contributed by atoms with Crippen LogP contribution in [0.2, 0.25) is 36.3 Å². The average Bonchev–Trinajstić information content (AvgIpc) is 2.79. The van der Waals surface area contributed by atoms with Gasteiger partial charge in [-0.3, -0.25) is 4.79 Å². The van der Waals surface area contributed by atoms with Crippen LogP contribution in [0.25, 0.3) is 0 Å². The second kappa shape index (κ2) is 13.1. The molecule has 0 heterocycles. The molecular formula is C36H64O3Si2. The van der Waals surface area contributed by atoms with Gasteiger partial charge in [0, 0.05) is 24.3 Å². The molecule has 234 valence electrons. The quantitative estimate of drug-likeness (QED) is 0.136. The average molecular weight is 601 g/mol. The molecule has 0 aliphatic heterocycles. The molecule has 1 aliphatic carbocycles. The molecule has 0 saturated heterocycles. The number of unbranched alkanes of at least 4 members (excludes halogenated alkanes) is 3. The van der Waals surface area contributed by atoms with Crippen molar-refractivity contribution in [2.45, 2.75) is 168 Å². The summed E-state index contributed by atoms with van der Waals surface area (Å²) >= 11 is 0. The molecule has 5 heteroatoms. The Morgan fingerprint density at radius 1 is 0.878 bits per heavy atom. The normalized spacial score (nSPS) is 19.3. The van der Waals surface area contributed by atoms with Gasteiger partial charge in [0.25, 0.3) is 0 Å². The Morgan fingerprint density at radius 3 is 1.78 bits per heavy atom. The summed E-state index contributed by atoms with van der Waals surface area (Å²) < 4.78 is 14.5. The number of allylic oxidation sites excluding steroid dienone is 1. The zero-order chi connectivity index (χ0) is 31.6. The van der Waals surface area contributed by atoms with E-state index in [0.717, 1.165) is 35.5 Å². The highest BCUT2D eigenvalue weighted by Gasteiger charge is 2.44. The molecule has 1 aliphatic rings. The van der Waals surface area contributed by atoms with E-state index in [1.165, 1.54) is 31.2 Å². The third-order valence-corrected chi connectivity index (χ3v) is 19.2. The van der Waals surface area contributed by atoms with Crippen molar-refractivity contribution >= 4 is 22.4 Å². The maximum absolute atomic E-state index is 13.0. The lowest BCUT2D eigenvalue weighted by Gasteiger charge is -2.42. The topological polar surface area (TPSA) is 35.5 Å². The van der Waals surface area contributed by atoms with Gasteiger partial charge in [-0.05, 0) is 85.1 Å². The van der Waals surface area contributed by atoms with E-state index in [4.69, 9.17) is 8.85 Å². The Bertz CT molecular complexity index is 1020. The Hall–Kier alpha value is -1.34. The van der Waals surface area contributed by atoms with Gasteiger partial charge >= 0.3 is 0 Å². The molecule has 2 rings (SSSR count). The second-order valence-corrected chi connectivity index (χ2v) is 26.1. The van der Waals surface area contributed by atoms with Crippen molar-refractivity contribution in [2.75, 3.05) is 0 Å². The predicted octanol–water partition coefficient (Wildman–Crippen LogP) is 11.7. The molecular weight excluding hydrogens is 537 g/mol. The van der Waals surface area contributed by atoms with Gasteiger partial charge in [0.15, 0.2) is 0 Å². The number of Topliss-reactive ketones (excluding diaryl/α,β-unsaturated/α-hetero) is 1. The SMILES string of the molecule is C=C(C)[C@@H]1CCC(=O)C[C@H]1c1c(O[Si](C)(C)C(C)(C)C)cc(C(C)(C)CCCCCC)cc1O[Si](C)(C)C(C)(C)C. The Kier molecular flexibility index (Phi) is 11.5. The van der Waals surface area contributed by atoms with E-state index in [9.17, 15) is 4.79 Å². The molecule has 3 nitrogen and oxygen atoms in total. The smallest absolute Gasteiger partial charge is 0.250 e. The summed E-state index contributed by atoms with van der Waals surface area (Å²) in [6.45, 7) is 36.7. The van der Waals surface area contributed by atoms with Crippen molar-refractivity contribution in [3.8, 4) is 11.5 Å². The van der Waals surface area contributed by atoms with E-state index in [0.29, 0.717) is 18.6 Å². The monoisotopic (exact) mass is 600 g/mol. The first-order valence-corrected chi connectivity index (χ1v) is 22.1. The summed E-state index contributed by atoms with van der Waals surface area (Å²) in [6, 6.07) is 4.67. The van der Waals surface area contributed by atoms with E-state index in [2.05, 4.69) is 114 Å². The second-order valence-electron chi connectivity index (χ2n) is 16.6. The maximum Gasteiger partial charge on any atom is 0.250 e. The number of rotatable bonds is 12. The first kappa shape index (κ1) is 35.9. The van der Waals surface area contributed by atoms with Crippen LogP contribution in [0.3, 0.4) is 0 Å². The van der Waals surface area contributed by atoms with Crippen LogP contribution in [0.4, 0.5) is 0 Å². The lowest BCUT2D eigenvalue weighted by atomic mass is 9.71. The molecule has 41 heavy (non-hydrogen) atoms. The van der Waals surface area contributed by atoms with Gasteiger partial charge in [0.1, 0.15) is 17.3 Å². The zero-order valence-corrected chi connectivity index (χ0v) is 31.4. The fourth-order valence-corrected chi connectivity index (χ4v) is 7.47. The highest BCUT2D eigenvalue weighted by atomic mass is 28.4. The van der Waals surface area contributed by atoms with Gasteiger partial charge < -0.3 is 8.85 Å². The fourth-order valence-electron chi connectivity index (χ4n) is 5.42. The van der Waals surface area contributed by atoms with E-state index >= 15 is 0 Å². The van der Waals surface area contributed by atoms with E-state index in [1.54, 1.807) is 0 Å². The maximum atomic E-state index is 13.0. The largest absolute Gasteiger partial charge is 0.543 e. The van der Waals surface area contributed by atoms with Gasteiger partial charge in [-0.2, -0.15) is 0 Å². The molecule has 1 aromatic rings. The molecule has 0 amide bonds. The van der Waals surface area contributed by atoms with Crippen LogP contribution < -0.4 is 8.85 Å². The van der Waals surface area contributed by atoms with Crippen molar-refractivity contribution in [3.05, 3.63) is 35.4 Å². The number of ketones is 1. The molecule has 0 unspecified atom stereocenters. The molecule has 1 saturated carbocycles. The van der Waals surface area contributed by atoms with Gasteiger partial charge in [-0.15, -0.1) is 0 Å². The molecule has 2 atom stereocenters. The summed E-state index contributed by atoms with van der Waals surface area (Å²) in [6.07, 6.45) is 8.15. The first-order chi connectivity index (χ1) is 18.5. The Balaban J connectivity index is 2.90.